The van der Waals surface area contributed by atoms with Crippen LogP contribution in [-0.2, 0) is 28.3 Å². The van der Waals surface area contributed by atoms with Gasteiger partial charge in [0.05, 0.1) is 0 Å². The van der Waals surface area contributed by atoms with E-state index < -0.39 is 28.1 Å². The fourth-order valence-electron chi connectivity index (χ4n) is 0.797. The fraction of sp³-hybridized carbons (Fsp3) is 0.625. The predicted molar refractivity (Wildman–Crippen MR) is 48.7 cm³/mol. The van der Waals surface area contributed by atoms with E-state index in [1.165, 1.54) is 13.8 Å². The van der Waals surface area contributed by atoms with Gasteiger partial charge in [0.2, 0.25) is 6.10 Å². The maximum absolute atomic E-state index is 11.3. The van der Waals surface area contributed by atoms with Gasteiger partial charge in [0.25, 0.3) is 0 Å². The summed E-state index contributed by atoms with van der Waals surface area (Å²) in [5.41, 5.74) is -1.10. The molecule has 1 saturated heterocycles. The van der Waals surface area contributed by atoms with Crippen LogP contribution in [0.25, 0.3) is 0 Å². The van der Waals surface area contributed by atoms with E-state index >= 15 is 0 Å². The number of rotatable bonds is 2. The first-order valence-corrected chi connectivity index (χ1v) is 5.37. The molecule has 0 aliphatic carbocycles. The molecular weight excluding hydrogens is 224 g/mol. The van der Waals surface area contributed by atoms with E-state index in [1.54, 1.807) is 0 Å². The number of carbonyl (C=O) groups is 1. The van der Waals surface area contributed by atoms with Gasteiger partial charge in [-0.1, -0.05) is 5.92 Å². The number of carbonyl (C=O) groups excluding carboxylic acids is 1. The second-order valence-electron chi connectivity index (χ2n) is 3.35. The number of esters is 1. The van der Waals surface area contributed by atoms with Crippen LogP contribution in [-0.4, -0.2) is 32.7 Å². The van der Waals surface area contributed by atoms with Crippen LogP contribution < -0.4 is 0 Å². The largest absolute Gasteiger partial charge is 0.444 e. The van der Waals surface area contributed by atoms with Gasteiger partial charge >= 0.3 is 16.4 Å². The lowest BCUT2D eigenvalue weighted by Crippen LogP contribution is -2.34. The van der Waals surface area contributed by atoms with E-state index in [1.807, 2.05) is 0 Å². The predicted octanol–water partition coefficient (Wildman–Crippen LogP) is -0.398. The first-order valence-electron chi connectivity index (χ1n) is 4.04. The molecule has 0 amide bonds. The Morgan fingerprint density at radius 3 is 2.60 bits per heavy atom. The third kappa shape index (κ3) is 3.20. The van der Waals surface area contributed by atoms with E-state index in [2.05, 4.69) is 14.3 Å². The van der Waals surface area contributed by atoms with Crippen LogP contribution in [0.2, 0.25) is 0 Å². The van der Waals surface area contributed by atoms with Crippen molar-refractivity contribution in [1.82, 2.24) is 0 Å². The summed E-state index contributed by atoms with van der Waals surface area (Å²) < 4.78 is 34.7. The zero-order valence-corrected chi connectivity index (χ0v) is 9.04. The molecule has 0 aromatic carbocycles. The number of terminal acetylenes is 1. The summed E-state index contributed by atoms with van der Waals surface area (Å²) in [6.07, 6.45) is 3.81. The molecule has 1 unspecified atom stereocenters. The molecule has 1 heterocycles. The Morgan fingerprint density at radius 1 is 1.60 bits per heavy atom. The first kappa shape index (κ1) is 12.0. The SMILES string of the molecule is C#CC(C)(C)OC(=O)C1COS(=O)(=O)O1. The third-order valence-corrected chi connectivity index (χ3v) is 2.46. The van der Waals surface area contributed by atoms with E-state index in [9.17, 15) is 13.2 Å². The topological polar surface area (TPSA) is 78.9 Å². The Hall–Kier alpha value is -1.10. The van der Waals surface area contributed by atoms with Crippen molar-refractivity contribution in [3.05, 3.63) is 0 Å². The molecule has 84 valence electrons. The van der Waals surface area contributed by atoms with E-state index in [0.29, 0.717) is 0 Å². The van der Waals surface area contributed by atoms with Crippen molar-refractivity contribution in [2.24, 2.45) is 0 Å². The summed E-state index contributed by atoms with van der Waals surface area (Å²) in [6, 6.07) is 0. The van der Waals surface area contributed by atoms with Crippen molar-refractivity contribution in [2.45, 2.75) is 25.6 Å². The van der Waals surface area contributed by atoms with Crippen molar-refractivity contribution in [2.75, 3.05) is 6.61 Å². The zero-order valence-electron chi connectivity index (χ0n) is 8.22. The molecule has 6 nitrogen and oxygen atoms in total. The minimum Gasteiger partial charge on any atom is -0.444 e. The lowest BCUT2D eigenvalue weighted by molar-refractivity contribution is -0.159. The lowest BCUT2D eigenvalue weighted by Gasteiger charge is -2.19. The Kier molecular flexibility index (Phi) is 3.04. The Morgan fingerprint density at radius 2 is 2.20 bits per heavy atom. The minimum atomic E-state index is -4.06. The average molecular weight is 234 g/mol. The quantitative estimate of drug-likeness (QED) is 0.478. The van der Waals surface area contributed by atoms with E-state index in [0.717, 1.165) is 0 Å². The molecule has 1 aliphatic rings. The Labute approximate surface area is 87.8 Å². The molecule has 0 bridgehead atoms. The summed E-state index contributed by atoms with van der Waals surface area (Å²) in [6.45, 7) is 2.60. The molecule has 15 heavy (non-hydrogen) atoms. The molecule has 1 atom stereocenters. The van der Waals surface area contributed by atoms with Crippen molar-refractivity contribution < 1.29 is 26.3 Å². The highest BCUT2D eigenvalue weighted by molar-refractivity contribution is 7.82. The van der Waals surface area contributed by atoms with Crippen LogP contribution in [0.5, 0.6) is 0 Å². The molecule has 1 fully saturated rings. The van der Waals surface area contributed by atoms with Gasteiger partial charge in [0.15, 0.2) is 5.60 Å². The van der Waals surface area contributed by atoms with Gasteiger partial charge in [-0.15, -0.1) is 6.42 Å². The first-order chi connectivity index (χ1) is 6.76. The van der Waals surface area contributed by atoms with Crippen molar-refractivity contribution >= 4 is 16.4 Å². The molecule has 7 heteroatoms. The van der Waals surface area contributed by atoms with Crippen molar-refractivity contribution in [1.29, 1.82) is 0 Å². The average Bonchev–Trinajstić information content (AvgIpc) is 2.45. The summed E-state index contributed by atoms with van der Waals surface area (Å²) in [5, 5.41) is 0. The molecule has 0 spiro atoms. The highest BCUT2D eigenvalue weighted by Gasteiger charge is 2.38. The monoisotopic (exact) mass is 234 g/mol. The van der Waals surface area contributed by atoms with Gasteiger partial charge in [0, 0.05) is 0 Å². The van der Waals surface area contributed by atoms with Gasteiger partial charge in [-0.25, -0.2) is 13.2 Å². The van der Waals surface area contributed by atoms with Crippen LogP contribution in [0.15, 0.2) is 0 Å². The van der Waals surface area contributed by atoms with Crippen LogP contribution in [0.3, 0.4) is 0 Å². The maximum Gasteiger partial charge on any atom is 0.400 e. The van der Waals surface area contributed by atoms with Crippen LogP contribution in [0, 0.1) is 12.3 Å². The normalized spacial score (nSPS) is 24.5. The minimum absolute atomic E-state index is 0.387. The highest BCUT2D eigenvalue weighted by atomic mass is 32.3. The van der Waals surface area contributed by atoms with E-state index in [4.69, 9.17) is 11.2 Å². The second kappa shape index (κ2) is 3.81. The van der Waals surface area contributed by atoms with Gasteiger partial charge in [-0.05, 0) is 13.8 Å². The Bertz CT molecular complexity index is 401. The zero-order chi connectivity index (χ0) is 11.7. The standard InChI is InChI=1S/C8H10O6S/c1-4-8(2,3)13-7(9)6-5-12-15(10,11)14-6/h1,6H,5H2,2-3H3. The summed E-state index contributed by atoms with van der Waals surface area (Å²) in [5.74, 6) is 1.37. The van der Waals surface area contributed by atoms with Crippen LogP contribution in [0.1, 0.15) is 13.8 Å². The van der Waals surface area contributed by atoms with E-state index in [-0.39, 0.29) is 6.61 Å². The van der Waals surface area contributed by atoms with Crippen LogP contribution >= 0.6 is 0 Å². The number of hydrogen-bond acceptors (Lipinski definition) is 6. The van der Waals surface area contributed by atoms with Gasteiger partial charge in [-0.2, -0.15) is 8.42 Å². The lowest BCUT2D eigenvalue weighted by atomic mass is 10.1. The molecule has 0 aromatic rings. The van der Waals surface area contributed by atoms with Crippen molar-refractivity contribution in [3.8, 4) is 12.3 Å². The molecule has 0 radical (unpaired) electrons. The molecule has 1 aliphatic heterocycles. The van der Waals surface area contributed by atoms with Crippen molar-refractivity contribution in [3.63, 3.8) is 0 Å². The smallest absolute Gasteiger partial charge is 0.400 e. The molecule has 0 aromatic heterocycles. The summed E-state index contributed by atoms with van der Waals surface area (Å²) in [7, 11) is -4.06. The maximum atomic E-state index is 11.3. The molecular formula is C8H10O6S. The van der Waals surface area contributed by atoms with Crippen LogP contribution in [0.4, 0.5) is 0 Å². The van der Waals surface area contributed by atoms with Gasteiger partial charge < -0.3 is 4.74 Å². The summed E-state index contributed by atoms with van der Waals surface area (Å²) in [4.78, 5) is 11.3. The fourth-order valence-corrected chi connectivity index (χ4v) is 1.56. The third-order valence-electron chi connectivity index (χ3n) is 1.56. The molecule has 1 rings (SSSR count). The van der Waals surface area contributed by atoms with Gasteiger partial charge in [-0.3, -0.25) is 0 Å². The molecule has 0 N–H and O–H groups in total. The second-order valence-corrected chi connectivity index (χ2v) is 4.60. The number of hydrogen-bond donors (Lipinski definition) is 0. The highest BCUT2D eigenvalue weighted by Crippen LogP contribution is 2.17. The Balaban J connectivity index is 2.62. The van der Waals surface area contributed by atoms with Gasteiger partial charge in [0.1, 0.15) is 6.61 Å². The summed E-state index contributed by atoms with van der Waals surface area (Å²) >= 11 is 0. The molecule has 0 saturated carbocycles. The number of ether oxygens (including phenoxy) is 1.